The summed E-state index contributed by atoms with van der Waals surface area (Å²) in [7, 11) is 0. The lowest BCUT2D eigenvalue weighted by molar-refractivity contribution is -0.132. The predicted molar refractivity (Wildman–Crippen MR) is 119 cm³/mol. The molecule has 0 aliphatic carbocycles. The van der Waals surface area contributed by atoms with Crippen molar-refractivity contribution in [1.29, 1.82) is 0 Å². The molecule has 3 aromatic rings. The lowest BCUT2D eigenvalue weighted by atomic mass is 10.1. The minimum atomic E-state index is -1.21. The quantitative estimate of drug-likeness (QED) is 0.364. The van der Waals surface area contributed by atoms with Gasteiger partial charge in [-0.1, -0.05) is 42.5 Å². The Hall–Kier alpha value is -3.13. The third kappa shape index (κ3) is 6.18. The highest BCUT2D eigenvalue weighted by molar-refractivity contribution is 14.1. The Kier molecular flexibility index (Phi) is 7.02. The molecule has 6 heteroatoms. The first-order chi connectivity index (χ1) is 14.0. The van der Waals surface area contributed by atoms with E-state index >= 15 is 0 Å². The van der Waals surface area contributed by atoms with Crippen molar-refractivity contribution in [1.82, 2.24) is 5.32 Å². The molecule has 0 heterocycles. The zero-order chi connectivity index (χ0) is 20.6. The van der Waals surface area contributed by atoms with Gasteiger partial charge in [-0.05, 0) is 76.2 Å². The van der Waals surface area contributed by atoms with Crippen LogP contribution in [0.4, 0.5) is 0 Å². The summed E-state index contributed by atoms with van der Waals surface area (Å²) in [6.07, 6.45) is 1.41. The van der Waals surface area contributed by atoms with Crippen LogP contribution in [0, 0.1) is 3.57 Å². The Labute approximate surface area is 182 Å². The third-order valence-electron chi connectivity index (χ3n) is 4.00. The molecular formula is C23H18INO4. The molecule has 0 aromatic heterocycles. The van der Waals surface area contributed by atoms with Gasteiger partial charge >= 0.3 is 5.97 Å². The fourth-order valence-electron chi connectivity index (χ4n) is 2.56. The molecule has 0 aliphatic rings. The monoisotopic (exact) mass is 499 g/mol. The standard InChI is InChI=1S/C23H18INO4/c24-19-8-4-5-17(13-19)15-29-20-11-9-16(10-12-20)14-21(23(27)28)25-22(26)18-6-2-1-3-7-18/h1-14H,15H2,(H,25,26)(H,27,28). The first kappa shape index (κ1) is 20.6. The summed E-state index contributed by atoms with van der Waals surface area (Å²) in [5.74, 6) is -1.02. The zero-order valence-electron chi connectivity index (χ0n) is 15.3. The normalized spacial score (nSPS) is 11.0. The molecular weight excluding hydrogens is 481 g/mol. The number of aliphatic carboxylic acids is 1. The van der Waals surface area contributed by atoms with Crippen molar-refractivity contribution in [2.75, 3.05) is 0 Å². The largest absolute Gasteiger partial charge is 0.489 e. The molecule has 0 aliphatic heterocycles. The van der Waals surface area contributed by atoms with E-state index in [0.29, 0.717) is 23.5 Å². The third-order valence-corrected chi connectivity index (χ3v) is 4.67. The zero-order valence-corrected chi connectivity index (χ0v) is 17.5. The summed E-state index contributed by atoms with van der Waals surface area (Å²) in [4.78, 5) is 23.7. The summed E-state index contributed by atoms with van der Waals surface area (Å²) < 4.78 is 6.91. The number of carbonyl (C=O) groups is 2. The summed E-state index contributed by atoms with van der Waals surface area (Å²) >= 11 is 2.25. The van der Waals surface area contributed by atoms with E-state index < -0.39 is 11.9 Å². The van der Waals surface area contributed by atoms with E-state index in [1.165, 1.54) is 6.08 Å². The SMILES string of the molecule is O=C(O)C(=Cc1ccc(OCc2cccc(I)c2)cc1)NC(=O)c1ccccc1. The number of carboxylic acid groups (broad SMARTS) is 1. The molecule has 0 saturated carbocycles. The van der Waals surface area contributed by atoms with Gasteiger partial charge in [0.25, 0.3) is 5.91 Å². The van der Waals surface area contributed by atoms with Crippen LogP contribution in [0.1, 0.15) is 21.5 Å². The number of nitrogens with one attached hydrogen (secondary N) is 1. The summed E-state index contributed by atoms with van der Waals surface area (Å²) in [5, 5.41) is 11.8. The van der Waals surface area contributed by atoms with Crippen LogP contribution in [0.5, 0.6) is 5.75 Å². The summed E-state index contributed by atoms with van der Waals surface area (Å²) in [6, 6.07) is 23.5. The van der Waals surface area contributed by atoms with Crippen LogP contribution in [0.3, 0.4) is 0 Å². The Morgan fingerprint density at radius 3 is 2.34 bits per heavy atom. The summed E-state index contributed by atoms with van der Waals surface area (Å²) in [6.45, 7) is 0.444. The van der Waals surface area contributed by atoms with E-state index in [1.54, 1.807) is 54.6 Å². The van der Waals surface area contributed by atoms with Gasteiger partial charge in [0.2, 0.25) is 0 Å². The van der Waals surface area contributed by atoms with Crippen molar-refractivity contribution < 1.29 is 19.4 Å². The average Bonchev–Trinajstić information content (AvgIpc) is 2.73. The van der Waals surface area contributed by atoms with Crippen LogP contribution in [0.2, 0.25) is 0 Å². The molecule has 146 valence electrons. The van der Waals surface area contributed by atoms with Gasteiger partial charge in [-0.3, -0.25) is 4.79 Å². The van der Waals surface area contributed by atoms with Gasteiger partial charge in [-0.25, -0.2) is 4.79 Å². The van der Waals surface area contributed by atoms with Crippen molar-refractivity contribution in [2.24, 2.45) is 0 Å². The second-order valence-electron chi connectivity index (χ2n) is 6.17. The fraction of sp³-hybridized carbons (Fsp3) is 0.0435. The van der Waals surface area contributed by atoms with Crippen molar-refractivity contribution in [3.63, 3.8) is 0 Å². The van der Waals surface area contributed by atoms with Crippen LogP contribution >= 0.6 is 22.6 Å². The Bertz CT molecular complexity index is 1030. The molecule has 5 nitrogen and oxygen atoms in total. The highest BCUT2D eigenvalue weighted by Crippen LogP contribution is 2.17. The molecule has 29 heavy (non-hydrogen) atoms. The van der Waals surface area contributed by atoms with Gasteiger partial charge < -0.3 is 15.2 Å². The number of ether oxygens (including phenoxy) is 1. The number of amides is 1. The Balaban J connectivity index is 1.67. The molecule has 0 fully saturated rings. The van der Waals surface area contributed by atoms with Crippen molar-refractivity contribution in [3.05, 3.63) is 105 Å². The molecule has 1 amide bonds. The van der Waals surface area contributed by atoms with Crippen molar-refractivity contribution in [2.45, 2.75) is 6.61 Å². The number of halogens is 1. The van der Waals surface area contributed by atoms with E-state index in [1.807, 2.05) is 24.3 Å². The number of hydrogen-bond donors (Lipinski definition) is 2. The molecule has 3 rings (SSSR count). The van der Waals surface area contributed by atoms with Gasteiger partial charge in [-0.2, -0.15) is 0 Å². The molecule has 3 aromatic carbocycles. The topological polar surface area (TPSA) is 75.6 Å². The van der Waals surface area contributed by atoms with Crippen molar-refractivity contribution in [3.8, 4) is 5.75 Å². The number of hydrogen-bond acceptors (Lipinski definition) is 3. The van der Waals surface area contributed by atoms with E-state index in [4.69, 9.17) is 4.74 Å². The number of benzene rings is 3. The first-order valence-electron chi connectivity index (χ1n) is 8.80. The minimum Gasteiger partial charge on any atom is -0.489 e. The van der Waals surface area contributed by atoms with Gasteiger partial charge in [0, 0.05) is 9.13 Å². The molecule has 2 N–H and O–H groups in total. The van der Waals surface area contributed by atoms with Gasteiger partial charge in [0.1, 0.15) is 18.1 Å². The fourth-order valence-corrected chi connectivity index (χ4v) is 3.16. The second-order valence-corrected chi connectivity index (χ2v) is 7.42. The van der Waals surface area contributed by atoms with Crippen molar-refractivity contribution >= 4 is 40.5 Å². The molecule has 0 spiro atoms. The highest BCUT2D eigenvalue weighted by Gasteiger charge is 2.13. The number of rotatable bonds is 7. The number of carbonyl (C=O) groups excluding carboxylic acids is 1. The maximum atomic E-state index is 12.2. The first-order valence-corrected chi connectivity index (χ1v) is 9.88. The lowest BCUT2D eigenvalue weighted by Gasteiger charge is -2.08. The van der Waals surface area contributed by atoms with E-state index in [-0.39, 0.29) is 5.70 Å². The maximum Gasteiger partial charge on any atom is 0.352 e. The van der Waals surface area contributed by atoms with Crippen LogP contribution in [-0.2, 0) is 11.4 Å². The average molecular weight is 499 g/mol. The smallest absolute Gasteiger partial charge is 0.352 e. The molecule has 0 radical (unpaired) electrons. The highest BCUT2D eigenvalue weighted by atomic mass is 127. The van der Waals surface area contributed by atoms with E-state index in [2.05, 4.69) is 27.9 Å². The van der Waals surface area contributed by atoms with Crippen LogP contribution < -0.4 is 10.1 Å². The minimum absolute atomic E-state index is 0.202. The van der Waals surface area contributed by atoms with Crippen LogP contribution in [-0.4, -0.2) is 17.0 Å². The van der Waals surface area contributed by atoms with Gasteiger partial charge in [0.15, 0.2) is 0 Å². The van der Waals surface area contributed by atoms with E-state index in [0.717, 1.165) is 9.13 Å². The Morgan fingerprint density at radius 2 is 1.69 bits per heavy atom. The maximum absolute atomic E-state index is 12.2. The molecule has 0 unspecified atom stereocenters. The molecule has 0 atom stereocenters. The lowest BCUT2D eigenvalue weighted by Crippen LogP contribution is -2.27. The second kappa shape index (κ2) is 9.88. The number of carboxylic acids is 1. The predicted octanol–water partition coefficient (Wildman–Crippen LogP) is 4.73. The van der Waals surface area contributed by atoms with E-state index in [9.17, 15) is 14.7 Å². The molecule has 0 bridgehead atoms. The van der Waals surface area contributed by atoms with Crippen LogP contribution in [0.15, 0.2) is 84.6 Å². The van der Waals surface area contributed by atoms with Gasteiger partial charge in [0.05, 0.1) is 0 Å². The molecule has 0 saturated heterocycles. The van der Waals surface area contributed by atoms with Gasteiger partial charge in [-0.15, -0.1) is 0 Å². The Morgan fingerprint density at radius 1 is 0.966 bits per heavy atom. The van der Waals surface area contributed by atoms with Crippen LogP contribution in [0.25, 0.3) is 6.08 Å². The summed E-state index contributed by atoms with van der Waals surface area (Å²) in [5.41, 5.74) is 1.89.